The first-order valence-electron chi connectivity index (χ1n) is 7.94. The van der Waals surface area contributed by atoms with E-state index < -0.39 is 17.4 Å². The second-order valence-corrected chi connectivity index (χ2v) is 6.41. The molecule has 0 atom stereocenters. The fourth-order valence-electron chi connectivity index (χ4n) is 2.37. The molecule has 0 aliphatic rings. The van der Waals surface area contributed by atoms with Gasteiger partial charge in [0.2, 0.25) is 5.91 Å². The maximum absolute atomic E-state index is 13.2. The van der Waals surface area contributed by atoms with Crippen molar-refractivity contribution in [3.63, 3.8) is 0 Å². The molecule has 0 N–H and O–H groups in total. The van der Waals surface area contributed by atoms with E-state index in [2.05, 4.69) is 4.98 Å². The van der Waals surface area contributed by atoms with E-state index in [1.807, 2.05) is 18.2 Å². The molecule has 0 spiro atoms. The predicted molar refractivity (Wildman–Crippen MR) is 101 cm³/mol. The van der Waals surface area contributed by atoms with Crippen LogP contribution < -0.4 is 4.90 Å². The highest BCUT2D eigenvalue weighted by Gasteiger charge is 2.17. The molecule has 7 heteroatoms. The summed E-state index contributed by atoms with van der Waals surface area (Å²) in [5.41, 5.74) is 1.20. The average molecular weight is 384 g/mol. The number of ketones is 1. The number of carbonyl (C=O) groups excluding carboxylic acids is 2. The van der Waals surface area contributed by atoms with Crippen molar-refractivity contribution in [2.45, 2.75) is 6.92 Å². The first-order chi connectivity index (χ1) is 13.0. The fraction of sp³-hybridized carbons (Fsp3) is 0.0500. The van der Waals surface area contributed by atoms with Crippen molar-refractivity contribution in [1.29, 1.82) is 0 Å². The standard InChI is InChI=1S/C20H14F2N2O2S/c1-13(25)24(16-5-3-2-4-6-16)20-23-15(12-27-20)8-10-19(26)14-7-9-17(21)18(22)11-14/h2-12H,1H3/b10-8+. The van der Waals surface area contributed by atoms with Gasteiger partial charge in [-0.05, 0) is 42.5 Å². The summed E-state index contributed by atoms with van der Waals surface area (Å²) in [4.78, 5) is 29.9. The van der Waals surface area contributed by atoms with E-state index in [-0.39, 0.29) is 11.5 Å². The third-order valence-electron chi connectivity index (χ3n) is 3.64. The Morgan fingerprint density at radius 1 is 1.07 bits per heavy atom. The first kappa shape index (κ1) is 18.6. The molecule has 0 unspecified atom stereocenters. The highest BCUT2D eigenvalue weighted by molar-refractivity contribution is 7.14. The Morgan fingerprint density at radius 2 is 1.81 bits per heavy atom. The SMILES string of the molecule is CC(=O)N(c1ccccc1)c1nc(/C=C/C(=O)c2ccc(F)c(F)c2)cs1. The lowest BCUT2D eigenvalue weighted by Crippen LogP contribution is -2.22. The van der Waals surface area contributed by atoms with Crippen molar-refractivity contribution in [1.82, 2.24) is 4.98 Å². The molecule has 1 amide bonds. The number of allylic oxidation sites excluding steroid dienone is 1. The molecule has 0 radical (unpaired) electrons. The number of amides is 1. The van der Waals surface area contributed by atoms with Gasteiger partial charge in [0.25, 0.3) is 0 Å². The van der Waals surface area contributed by atoms with Crippen LogP contribution in [-0.2, 0) is 4.79 Å². The Hall–Kier alpha value is -3.19. The molecule has 3 rings (SSSR count). The van der Waals surface area contributed by atoms with E-state index in [0.717, 1.165) is 12.1 Å². The molecule has 2 aromatic carbocycles. The van der Waals surface area contributed by atoms with Crippen LogP contribution in [0.15, 0.2) is 60.0 Å². The molecule has 1 heterocycles. The number of nitrogens with zero attached hydrogens (tertiary/aromatic N) is 2. The van der Waals surface area contributed by atoms with Gasteiger partial charge in [0.1, 0.15) is 0 Å². The Kier molecular flexibility index (Phi) is 5.52. The third kappa shape index (κ3) is 4.32. The van der Waals surface area contributed by atoms with Crippen LogP contribution in [0.1, 0.15) is 23.0 Å². The number of rotatable bonds is 5. The summed E-state index contributed by atoms with van der Waals surface area (Å²) in [6.07, 6.45) is 2.69. The number of thiazole rings is 1. The van der Waals surface area contributed by atoms with Gasteiger partial charge < -0.3 is 0 Å². The van der Waals surface area contributed by atoms with Crippen LogP contribution >= 0.6 is 11.3 Å². The third-order valence-corrected chi connectivity index (χ3v) is 4.48. The number of aromatic nitrogens is 1. The van der Waals surface area contributed by atoms with Crippen molar-refractivity contribution >= 4 is 39.9 Å². The monoisotopic (exact) mass is 384 g/mol. The molecule has 27 heavy (non-hydrogen) atoms. The van der Waals surface area contributed by atoms with Gasteiger partial charge in [-0.2, -0.15) is 0 Å². The van der Waals surface area contributed by atoms with E-state index in [1.54, 1.807) is 17.5 Å². The lowest BCUT2D eigenvalue weighted by Gasteiger charge is -2.17. The van der Waals surface area contributed by atoms with Crippen LogP contribution in [0.2, 0.25) is 0 Å². The van der Waals surface area contributed by atoms with Crippen LogP contribution in [0.4, 0.5) is 19.6 Å². The van der Waals surface area contributed by atoms with Crippen molar-refractivity contribution in [2.24, 2.45) is 0 Å². The zero-order valence-corrected chi connectivity index (χ0v) is 15.0. The van der Waals surface area contributed by atoms with Gasteiger partial charge >= 0.3 is 0 Å². The van der Waals surface area contributed by atoms with E-state index >= 15 is 0 Å². The van der Waals surface area contributed by atoms with Gasteiger partial charge in [-0.15, -0.1) is 11.3 Å². The van der Waals surface area contributed by atoms with Crippen molar-refractivity contribution in [3.8, 4) is 0 Å². The molecular weight excluding hydrogens is 370 g/mol. The molecule has 3 aromatic rings. The minimum absolute atomic E-state index is 0.0373. The van der Waals surface area contributed by atoms with Crippen molar-refractivity contribution in [3.05, 3.63) is 82.9 Å². The number of anilines is 2. The molecule has 136 valence electrons. The molecule has 0 fully saturated rings. The van der Waals surface area contributed by atoms with Gasteiger partial charge in [-0.3, -0.25) is 14.5 Å². The average Bonchev–Trinajstić information content (AvgIpc) is 3.11. The second kappa shape index (κ2) is 8.01. The lowest BCUT2D eigenvalue weighted by atomic mass is 10.1. The summed E-state index contributed by atoms with van der Waals surface area (Å²) in [7, 11) is 0. The van der Waals surface area contributed by atoms with Gasteiger partial charge in [0.15, 0.2) is 22.5 Å². The van der Waals surface area contributed by atoms with Gasteiger partial charge in [-0.25, -0.2) is 13.8 Å². The summed E-state index contributed by atoms with van der Waals surface area (Å²) >= 11 is 1.25. The molecule has 0 saturated carbocycles. The summed E-state index contributed by atoms with van der Waals surface area (Å²) in [6, 6.07) is 12.0. The number of hydrogen-bond donors (Lipinski definition) is 0. The minimum atomic E-state index is -1.08. The van der Waals surface area contributed by atoms with E-state index in [4.69, 9.17) is 0 Å². The largest absolute Gasteiger partial charge is 0.289 e. The molecule has 4 nitrogen and oxygen atoms in total. The summed E-state index contributed by atoms with van der Waals surface area (Å²) in [6.45, 7) is 1.44. The molecule has 1 aromatic heterocycles. The number of para-hydroxylation sites is 1. The van der Waals surface area contributed by atoms with E-state index in [0.29, 0.717) is 16.5 Å². The van der Waals surface area contributed by atoms with Crippen LogP contribution in [-0.4, -0.2) is 16.7 Å². The zero-order chi connectivity index (χ0) is 19.4. The molecule has 0 aliphatic carbocycles. The highest BCUT2D eigenvalue weighted by atomic mass is 32.1. The topological polar surface area (TPSA) is 50.3 Å². The Bertz CT molecular complexity index is 1020. The lowest BCUT2D eigenvalue weighted by molar-refractivity contribution is -0.115. The van der Waals surface area contributed by atoms with Crippen LogP contribution in [0.25, 0.3) is 6.08 Å². The molecule has 0 bridgehead atoms. The normalized spacial score (nSPS) is 10.9. The highest BCUT2D eigenvalue weighted by Crippen LogP contribution is 2.29. The van der Waals surface area contributed by atoms with Crippen LogP contribution in [0, 0.1) is 11.6 Å². The molecule has 0 saturated heterocycles. The maximum atomic E-state index is 13.2. The Balaban J connectivity index is 1.80. The Morgan fingerprint density at radius 3 is 2.48 bits per heavy atom. The van der Waals surface area contributed by atoms with Gasteiger partial charge in [0, 0.05) is 17.9 Å². The van der Waals surface area contributed by atoms with Gasteiger partial charge in [-0.1, -0.05) is 18.2 Å². The van der Waals surface area contributed by atoms with Crippen LogP contribution in [0.5, 0.6) is 0 Å². The number of hydrogen-bond acceptors (Lipinski definition) is 4. The molecular formula is C20H14F2N2O2S. The number of halogens is 2. The fourth-order valence-corrected chi connectivity index (χ4v) is 3.22. The van der Waals surface area contributed by atoms with Crippen molar-refractivity contribution in [2.75, 3.05) is 4.90 Å². The van der Waals surface area contributed by atoms with E-state index in [1.165, 1.54) is 41.4 Å². The van der Waals surface area contributed by atoms with Gasteiger partial charge in [0.05, 0.1) is 11.4 Å². The predicted octanol–water partition coefficient (Wildman–Crippen LogP) is 5.00. The summed E-state index contributed by atoms with van der Waals surface area (Å²) in [5, 5.41) is 2.16. The number of carbonyl (C=O) groups is 2. The number of benzene rings is 2. The quantitative estimate of drug-likeness (QED) is 0.459. The Labute approximate surface area is 158 Å². The minimum Gasteiger partial charge on any atom is -0.289 e. The second-order valence-electron chi connectivity index (χ2n) is 5.57. The smallest absolute Gasteiger partial charge is 0.230 e. The zero-order valence-electron chi connectivity index (χ0n) is 14.2. The van der Waals surface area contributed by atoms with E-state index in [9.17, 15) is 18.4 Å². The maximum Gasteiger partial charge on any atom is 0.230 e. The first-order valence-corrected chi connectivity index (χ1v) is 8.82. The summed E-state index contributed by atoms with van der Waals surface area (Å²) in [5.74, 6) is -2.76. The van der Waals surface area contributed by atoms with Crippen molar-refractivity contribution < 1.29 is 18.4 Å². The molecule has 0 aliphatic heterocycles. The van der Waals surface area contributed by atoms with Crippen LogP contribution in [0.3, 0.4) is 0 Å². The summed E-state index contributed by atoms with van der Waals surface area (Å²) < 4.78 is 26.2.